The van der Waals surface area contributed by atoms with Crippen LogP contribution in [0.15, 0.2) is 16.6 Å². The highest BCUT2D eigenvalue weighted by atomic mass is 79.9. The number of rotatable bonds is 1. The quantitative estimate of drug-likeness (QED) is 0.757. The van der Waals surface area contributed by atoms with Gasteiger partial charge < -0.3 is 10.8 Å². The molecule has 0 spiro atoms. The molecule has 1 aromatic carbocycles. The summed E-state index contributed by atoms with van der Waals surface area (Å²) in [4.78, 5) is 0. The summed E-state index contributed by atoms with van der Waals surface area (Å²) < 4.78 is 13.0. The number of phenolic OH excluding ortho intramolecular Hbond substituents is 1. The van der Waals surface area contributed by atoms with Crippen LogP contribution in [-0.2, 0) is 6.54 Å². The molecule has 0 aromatic heterocycles. The van der Waals surface area contributed by atoms with Crippen molar-refractivity contribution in [1.82, 2.24) is 0 Å². The van der Waals surface area contributed by atoms with E-state index in [0.29, 0.717) is 10.0 Å². The monoisotopic (exact) mass is 219 g/mol. The number of phenols is 1. The molecule has 0 bridgehead atoms. The predicted molar refractivity (Wildman–Crippen MR) is 43.7 cm³/mol. The lowest BCUT2D eigenvalue weighted by Crippen LogP contribution is -1.97. The maximum Gasteiger partial charge on any atom is 0.141 e. The summed E-state index contributed by atoms with van der Waals surface area (Å²) in [6.07, 6.45) is 0. The van der Waals surface area contributed by atoms with Gasteiger partial charge in [0.2, 0.25) is 0 Å². The molecule has 0 radical (unpaired) electrons. The molecule has 0 heterocycles. The highest BCUT2D eigenvalue weighted by Gasteiger charge is 2.04. The van der Waals surface area contributed by atoms with Gasteiger partial charge in [-0.2, -0.15) is 0 Å². The second-order valence-corrected chi connectivity index (χ2v) is 2.95. The van der Waals surface area contributed by atoms with Crippen molar-refractivity contribution in [3.63, 3.8) is 0 Å². The number of aromatic hydroxyl groups is 1. The van der Waals surface area contributed by atoms with Crippen LogP contribution in [0.3, 0.4) is 0 Å². The van der Waals surface area contributed by atoms with Crippen LogP contribution in [0.1, 0.15) is 5.56 Å². The summed E-state index contributed by atoms with van der Waals surface area (Å²) in [5.41, 5.74) is 5.79. The van der Waals surface area contributed by atoms with Gasteiger partial charge in [0.15, 0.2) is 0 Å². The minimum absolute atomic E-state index is 0.104. The highest BCUT2D eigenvalue weighted by Crippen LogP contribution is 2.24. The number of hydrogen-bond donors (Lipinski definition) is 2. The van der Waals surface area contributed by atoms with Crippen LogP contribution in [-0.4, -0.2) is 5.11 Å². The highest BCUT2D eigenvalue weighted by molar-refractivity contribution is 9.10. The molecule has 0 amide bonds. The SMILES string of the molecule is NCc1cc(Br)c(F)cc1O. The molecular weight excluding hydrogens is 213 g/mol. The number of halogens is 2. The van der Waals surface area contributed by atoms with Crippen molar-refractivity contribution in [3.05, 3.63) is 28.0 Å². The van der Waals surface area contributed by atoms with Gasteiger partial charge in [-0.1, -0.05) is 0 Å². The van der Waals surface area contributed by atoms with Gasteiger partial charge in [0.25, 0.3) is 0 Å². The Morgan fingerprint density at radius 3 is 2.73 bits per heavy atom. The molecule has 0 aliphatic carbocycles. The lowest BCUT2D eigenvalue weighted by Gasteiger charge is -2.02. The van der Waals surface area contributed by atoms with E-state index in [1.807, 2.05) is 0 Å². The molecule has 4 heteroatoms. The van der Waals surface area contributed by atoms with Crippen LogP contribution in [0.4, 0.5) is 4.39 Å². The molecule has 0 aliphatic heterocycles. The van der Waals surface area contributed by atoms with Crippen LogP contribution in [0.25, 0.3) is 0 Å². The second kappa shape index (κ2) is 3.19. The van der Waals surface area contributed by atoms with E-state index < -0.39 is 5.82 Å². The Balaban J connectivity index is 3.21. The van der Waals surface area contributed by atoms with Gasteiger partial charge >= 0.3 is 0 Å². The fourth-order valence-electron chi connectivity index (χ4n) is 0.741. The zero-order valence-electron chi connectivity index (χ0n) is 5.64. The van der Waals surface area contributed by atoms with E-state index in [9.17, 15) is 4.39 Å². The fourth-order valence-corrected chi connectivity index (χ4v) is 1.13. The van der Waals surface area contributed by atoms with Crippen LogP contribution < -0.4 is 5.73 Å². The third-order valence-corrected chi connectivity index (χ3v) is 1.95. The summed E-state index contributed by atoms with van der Waals surface area (Å²) in [7, 11) is 0. The van der Waals surface area contributed by atoms with Crippen LogP contribution in [0.5, 0.6) is 5.75 Å². The average molecular weight is 220 g/mol. The standard InChI is InChI=1S/C7H7BrFNO/c8-5-1-4(3-10)7(11)2-6(5)9/h1-2,11H,3,10H2. The zero-order chi connectivity index (χ0) is 8.43. The minimum Gasteiger partial charge on any atom is -0.508 e. The molecule has 0 aliphatic rings. The lowest BCUT2D eigenvalue weighted by molar-refractivity contribution is 0.461. The first kappa shape index (κ1) is 8.49. The zero-order valence-corrected chi connectivity index (χ0v) is 7.23. The Morgan fingerprint density at radius 1 is 1.55 bits per heavy atom. The first-order chi connectivity index (χ1) is 5.15. The van der Waals surface area contributed by atoms with Crippen LogP contribution in [0, 0.1) is 5.82 Å². The molecule has 1 rings (SSSR count). The van der Waals surface area contributed by atoms with Crippen molar-refractivity contribution in [2.75, 3.05) is 0 Å². The van der Waals surface area contributed by atoms with E-state index >= 15 is 0 Å². The van der Waals surface area contributed by atoms with E-state index in [1.165, 1.54) is 6.07 Å². The molecular formula is C7H7BrFNO. The fraction of sp³-hybridized carbons (Fsp3) is 0.143. The van der Waals surface area contributed by atoms with Gasteiger partial charge in [0.1, 0.15) is 11.6 Å². The van der Waals surface area contributed by atoms with E-state index in [0.717, 1.165) is 6.07 Å². The third-order valence-electron chi connectivity index (χ3n) is 1.34. The van der Waals surface area contributed by atoms with E-state index in [-0.39, 0.29) is 12.3 Å². The Kier molecular flexibility index (Phi) is 2.46. The van der Waals surface area contributed by atoms with Crippen molar-refractivity contribution in [2.45, 2.75) is 6.54 Å². The topological polar surface area (TPSA) is 46.2 Å². The largest absolute Gasteiger partial charge is 0.508 e. The Morgan fingerprint density at radius 2 is 2.18 bits per heavy atom. The van der Waals surface area contributed by atoms with Gasteiger partial charge in [-0.05, 0) is 22.0 Å². The maximum atomic E-state index is 12.6. The molecule has 0 fully saturated rings. The van der Waals surface area contributed by atoms with E-state index in [4.69, 9.17) is 10.8 Å². The summed E-state index contributed by atoms with van der Waals surface area (Å²) in [5.74, 6) is -0.590. The normalized spacial score (nSPS) is 10.1. The summed E-state index contributed by atoms with van der Waals surface area (Å²) in [6, 6.07) is 2.50. The number of hydrogen-bond acceptors (Lipinski definition) is 2. The van der Waals surface area contributed by atoms with Crippen LogP contribution >= 0.6 is 15.9 Å². The summed E-state index contributed by atoms with van der Waals surface area (Å²) in [6.45, 7) is 0.199. The van der Waals surface area contributed by atoms with Crippen molar-refractivity contribution in [2.24, 2.45) is 5.73 Å². The number of benzene rings is 1. The molecule has 0 unspecified atom stereocenters. The molecule has 2 nitrogen and oxygen atoms in total. The maximum absolute atomic E-state index is 12.6. The van der Waals surface area contributed by atoms with Gasteiger partial charge in [-0.15, -0.1) is 0 Å². The van der Waals surface area contributed by atoms with E-state index in [1.54, 1.807) is 0 Å². The summed E-state index contributed by atoms with van der Waals surface area (Å²) in [5, 5.41) is 9.07. The van der Waals surface area contributed by atoms with Gasteiger partial charge in [0.05, 0.1) is 4.47 Å². The van der Waals surface area contributed by atoms with Gasteiger partial charge in [-0.3, -0.25) is 0 Å². The second-order valence-electron chi connectivity index (χ2n) is 2.10. The van der Waals surface area contributed by atoms with Crippen molar-refractivity contribution < 1.29 is 9.50 Å². The minimum atomic E-state index is -0.486. The Bertz CT molecular complexity index is 277. The smallest absolute Gasteiger partial charge is 0.141 e. The number of nitrogens with two attached hydrogens (primary N) is 1. The van der Waals surface area contributed by atoms with Gasteiger partial charge in [-0.25, -0.2) is 4.39 Å². The first-order valence-corrected chi connectivity index (χ1v) is 3.81. The molecule has 0 saturated heterocycles. The van der Waals surface area contributed by atoms with Crippen LogP contribution in [0.2, 0.25) is 0 Å². The molecule has 60 valence electrons. The van der Waals surface area contributed by atoms with Crippen molar-refractivity contribution in [1.29, 1.82) is 0 Å². The molecule has 0 atom stereocenters. The average Bonchev–Trinajstić information content (AvgIpc) is 1.97. The van der Waals surface area contributed by atoms with Crippen molar-refractivity contribution >= 4 is 15.9 Å². The third kappa shape index (κ3) is 1.70. The van der Waals surface area contributed by atoms with Gasteiger partial charge in [0, 0.05) is 18.2 Å². The lowest BCUT2D eigenvalue weighted by atomic mass is 10.2. The van der Waals surface area contributed by atoms with Crippen molar-refractivity contribution in [3.8, 4) is 5.75 Å². The Labute approximate surface area is 72.0 Å². The molecule has 1 aromatic rings. The summed E-state index contributed by atoms with van der Waals surface area (Å²) >= 11 is 2.98. The predicted octanol–water partition coefficient (Wildman–Crippen LogP) is 1.75. The van der Waals surface area contributed by atoms with E-state index in [2.05, 4.69) is 15.9 Å². The Hall–Kier alpha value is -0.610. The first-order valence-electron chi connectivity index (χ1n) is 3.02. The molecule has 11 heavy (non-hydrogen) atoms. The molecule has 0 saturated carbocycles. The molecule has 3 N–H and O–H groups in total.